The molecule has 1 amide bonds. The molecule has 130 valence electrons. The number of aromatic nitrogens is 1. The fraction of sp³-hybridized carbons (Fsp3) is 0.444. The highest BCUT2D eigenvalue weighted by Crippen LogP contribution is 2.30. The molecule has 0 spiro atoms. The second-order valence-corrected chi connectivity index (χ2v) is 7.36. The van der Waals surface area contributed by atoms with Crippen molar-refractivity contribution in [1.82, 2.24) is 9.88 Å². The summed E-state index contributed by atoms with van der Waals surface area (Å²) in [5.41, 5.74) is 0.730. The number of carbonyl (C=O) groups excluding carboxylic acids is 1. The van der Waals surface area contributed by atoms with Gasteiger partial charge in [0.2, 0.25) is 0 Å². The van der Waals surface area contributed by atoms with Gasteiger partial charge in [-0.05, 0) is 52.0 Å². The van der Waals surface area contributed by atoms with Crippen LogP contribution in [-0.2, 0) is 0 Å². The normalized spacial score (nSPS) is 11.4. The van der Waals surface area contributed by atoms with Crippen LogP contribution in [0.5, 0.6) is 5.75 Å². The highest BCUT2D eigenvalue weighted by atomic mass is 32.1. The number of rotatable bonds is 6. The average molecular weight is 348 g/mol. The summed E-state index contributed by atoms with van der Waals surface area (Å²) in [5.74, 6) is 0.694. The first kappa shape index (κ1) is 18.4. The molecule has 0 radical (unpaired) electrons. The molecule has 0 saturated heterocycles. The first-order valence-corrected chi connectivity index (χ1v) is 8.71. The van der Waals surface area contributed by atoms with Crippen molar-refractivity contribution in [3.63, 3.8) is 0 Å². The van der Waals surface area contributed by atoms with Gasteiger partial charge in [0.15, 0.2) is 0 Å². The smallest absolute Gasteiger partial charge is 0.265 e. The van der Waals surface area contributed by atoms with Crippen LogP contribution in [0.4, 0.5) is 0 Å². The highest BCUT2D eigenvalue weighted by molar-refractivity contribution is 7.17. The van der Waals surface area contributed by atoms with E-state index in [2.05, 4.69) is 4.98 Å². The van der Waals surface area contributed by atoms with Crippen molar-refractivity contribution >= 4 is 17.2 Å². The lowest BCUT2D eigenvalue weighted by Crippen LogP contribution is -2.39. The molecule has 24 heavy (non-hydrogen) atoms. The van der Waals surface area contributed by atoms with Crippen LogP contribution in [0.1, 0.15) is 36.1 Å². The molecule has 0 fully saturated rings. The lowest BCUT2D eigenvalue weighted by molar-refractivity contribution is 0.0370. The first-order chi connectivity index (χ1) is 11.2. The zero-order valence-electron chi connectivity index (χ0n) is 14.8. The van der Waals surface area contributed by atoms with Crippen LogP contribution in [-0.4, -0.2) is 46.7 Å². The van der Waals surface area contributed by atoms with Gasteiger partial charge in [-0.25, -0.2) is 4.98 Å². The number of likely N-dealkylation sites (N-methyl/N-ethyl adjacent to an activating group) is 1. The molecule has 2 rings (SSSR count). The third-order valence-corrected chi connectivity index (χ3v) is 4.57. The fourth-order valence-corrected chi connectivity index (χ4v) is 3.47. The van der Waals surface area contributed by atoms with E-state index in [0.717, 1.165) is 16.3 Å². The molecule has 2 aromatic rings. The van der Waals surface area contributed by atoms with Gasteiger partial charge in [0, 0.05) is 19.2 Å². The number of ether oxygens (including phenoxy) is 1. The summed E-state index contributed by atoms with van der Waals surface area (Å²) >= 11 is 1.37. The van der Waals surface area contributed by atoms with Gasteiger partial charge in [-0.2, -0.15) is 0 Å². The topological polar surface area (TPSA) is 62.7 Å². The van der Waals surface area contributed by atoms with Gasteiger partial charge >= 0.3 is 0 Å². The third kappa shape index (κ3) is 4.55. The number of amides is 1. The van der Waals surface area contributed by atoms with Crippen LogP contribution in [0.15, 0.2) is 24.3 Å². The molecule has 0 atom stereocenters. The molecule has 0 aliphatic rings. The lowest BCUT2D eigenvalue weighted by Gasteiger charge is -2.25. The van der Waals surface area contributed by atoms with Gasteiger partial charge in [0.05, 0.1) is 17.9 Å². The number of aryl methyl sites for hydroxylation is 1. The van der Waals surface area contributed by atoms with Crippen LogP contribution in [0.2, 0.25) is 0 Å². The molecule has 0 unspecified atom stereocenters. The summed E-state index contributed by atoms with van der Waals surface area (Å²) in [6.07, 6.45) is 0. The zero-order valence-corrected chi connectivity index (χ0v) is 15.6. The average Bonchev–Trinajstić information content (AvgIpc) is 2.87. The second kappa shape index (κ2) is 7.32. The molecule has 1 aromatic heterocycles. The van der Waals surface area contributed by atoms with Gasteiger partial charge in [0.1, 0.15) is 15.6 Å². The van der Waals surface area contributed by atoms with E-state index >= 15 is 0 Å². The van der Waals surface area contributed by atoms with E-state index in [1.807, 2.05) is 38.1 Å². The highest BCUT2D eigenvalue weighted by Gasteiger charge is 2.24. The number of thiazole rings is 1. The van der Waals surface area contributed by atoms with E-state index in [1.54, 1.807) is 20.9 Å². The van der Waals surface area contributed by atoms with Gasteiger partial charge < -0.3 is 14.7 Å². The molecule has 0 aliphatic heterocycles. The summed E-state index contributed by atoms with van der Waals surface area (Å²) in [7, 11) is 1.69. The molecule has 1 aromatic carbocycles. The molecule has 5 nitrogen and oxygen atoms in total. The van der Waals surface area contributed by atoms with E-state index in [1.165, 1.54) is 16.2 Å². The minimum Gasteiger partial charge on any atom is -0.494 e. The molecule has 0 bridgehead atoms. The lowest BCUT2D eigenvalue weighted by atomic mass is 10.1. The number of benzene rings is 1. The van der Waals surface area contributed by atoms with Crippen LogP contribution in [0, 0.1) is 6.92 Å². The Bertz CT molecular complexity index is 702. The van der Waals surface area contributed by atoms with Crippen molar-refractivity contribution in [3.05, 3.63) is 34.8 Å². The molecule has 0 saturated carbocycles. The Morgan fingerprint density at radius 2 is 1.96 bits per heavy atom. The molecule has 0 aliphatic carbocycles. The Labute approximate surface area is 146 Å². The van der Waals surface area contributed by atoms with Gasteiger partial charge in [-0.15, -0.1) is 11.3 Å². The Hall–Kier alpha value is -1.92. The van der Waals surface area contributed by atoms with Gasteiger partial charge in [-0.1, -0.05) is 0 Å². The standard InChI is InChI=1S/C18H24N2O3S/c1-6-23-14-9-7-13(8-10-14)16-19-12(2)15(24-16)17(21)20(5)11-18(3,4)22/h7-10,22H,6,11H2,1-5H3. The van der Waals surface area contributed by atoms with Crippen LogP contribution >= 0.6 is 11.3 Å². The Balaban J connectivity index is 2.21. The van der Waals surface area contributed by atoms with E-state index in [0.29, 0.717) is 17.2 Å². The van der Waals surface area contributed by atoms with Crippen molar-refractivity contribution in [2.45, 2.75) is 33.3 Å². The maximum Gasteiger partial charge on any atom is 0.265 e. The third-order valence-electron chi connectivity index (χ3n) is 3.37. The first-order valence-electron chi connectivity index (χ1n) is 7.90. The van der Waals surface area contributed by atoms with Gasteiger partial charge in [-0.3, -0.25) is 4.79 Å². The Morgan fingerprint density at radius 3 is 2.50 bits per heavy atom. The van der Waals surface area contributed by atoms with Crippen molar-refractivity contribution in [2.24, 2.45) is 0 Å². The van der Waals surface area contributed by atoms with Crippen molar-refractivity contribution in [3.8, 4) is 16.3 Å². The largest absolute Gasteiger partial charge is 0.494 e. The molecular weight excluding hydrogens is 324 g/mol. The quantitative estimate of drug-likeness (QED) is 0.869. The fourth-order valence-electron chi connectivity index (χ4n) is 2.40. The number of nitrogens with zero attached hydrogens (tertiary/aromatic N) is 2. The maximum absolute atomic E-state index is 12.6. The second-order valence-electron chi connectivity index (χ2n) is 6.36. The predicted molar refractivity (Wildman–Crippen MR) is 96.7 cm³/mol. The molecule has 6 heteroatoms. The SMILES string of the molecule is CCOc1ccc(-c2nc(C)c(C(=O)N(C)CC(C)(C)O)s2)cc1. The number of carbonyl (C=O) groups is 1. The minimum absolute atomic E-state index is 0.121. The number of hydrogen-bond donors (Lipinski definition) is 1. The number of hydrogen-bond acceptors (Lipinski definition) is 5. The summed E-state index contributed by atoms with van der Waals surface area (Å²) < 4.78 is 5.44. The minimum atomic E-state index is -0.930. The van der Waals surface area contributed by atoms with Crippen molar-refractivity contribution < 1.29 is 14.6 Å². The van der Waals surface area contributed by atoms with Crippen molar-refractivity contribution in [1.29, 1.82) is 0 Å². The van der Waals surface area contributed by atoms with E-state index in [-0.39, 0.29) is 12.5 Å². The summed E-state index contributed by atoms with van der Waals surface area (Å²) in [4.78, 5) is 19.2. The van der Waals surface area contributed by atoms with Gasteiger partial charge in [0.25, 0.3) is 5.91 Å². The van der Waals surface area contributed by atoms with E-state index in [4.69, 9.17) is 4.74 Å². The van der Waals surface area contributed by atoms with Crippen LogP contribution < -0.4 is 4.74 Å². The zero-order chi connectivity index (χ0) is 17.9. The molecule has 1 heterocycles. The van der Waals surface area contributed by atoms with Crippen LogP contribution in [0.3, 0.4) is 0 Å². The molecular formula is C18H24N2O3S. The predicted octanol–water partition coefficient (Wildman–Crippen LogP) is 3.36. The Kier molecular flexibility index (Phi) is 5.62. The molecule has 1 N–H and O–H groups in total. The number of aliphatic hydroxyl groups is 1. The monoisotopic (exact) mass is 348 g/mol. The summed E-state index contributed by atoms with van der Waals surface area (Å²) in [6.45, 7) is 8.03. The Morgan fingerprint density at radius 1 is 1.33 bits per heavy atom. The summed E-state index contributed by atoms with van der Waals surface area (Å²) in [6, 6.07) is 7.69. The van der Waals surface area contributed by atoms with E-state index < -0.39 is 5.60 Å². The summed E-state index contributed by atoms with van der Waals surface area (Å²) in [5, 5.41) is 10.7. The van der Waals surface area contributed by atoms with Crippen LogP contribution in [0.25, 0.3) is 10.6 Å². The maximum atomic E-state index is 12.6. The van der Waals surface area contributed by atoms with Crippen molar-refractivity contribution in [2.75, 3.05) is 20.2 Å². The van der Waals surface area contributed by atoms with E-state index in [9.17, 15) is 9.90 Å².